The first kappa shape index (κ1) is 16.2. The summed E-state index contributed by atoms with van der Waals surface area (Å²) in [7, 11) is 0.905. The fourth-order valence-electron chi connectivity index (χ4n) is 3.07. The van der Waals surface area contributed by atoms with Crippen molar-refractivity contribution < 1.29 is 0 Å². The van der Waals surface area contributed by atoms with E-state index in [-0.39, 0.29) is 16.0 Å². The van der Waals surface area contributed by atoms with Gasteiger partial charge in [-0.15, -0.1) is 8.58 Å². The second kappa shape index (κ2) is 4.81. The smallest absolute Gasteiger partial charge is 0.0156 e. The first-order valence-electron chi connectivity index (χ1n) is 6.30. The molecule has 0 amide bonds. The van der Waals surface area contributed by atoms with E-state index in [1.54, 1.807) is 0 Å². The molecule has 0 fully saturated rings. The summed E-state index contributed by atoms with van der Waals surface area (Å²) in [5.41, 5.74) is 1.89. The van der Waals surface area contributed by atoms with Crippen molar-refractivity contribution in [3.8, 4) is 0 Å². The quantitative estimate of drug-likeness (QED) is 0.463. The third-order valence-corrected chi connectivity index (χ3v) is 6.24. The van der Waals surface area contributed by atoms with Gasteiger partial charge in [0.25, 0.3) is 0 Å². The first-order valence-corrected chi connectivity index (χ1v) is 7.80. The molecule has 0 N–H and O–H groups in total. The van der Waals surface area contributed by atoms with Crippen molar-refractivity contribution in [2.75, 3.05) is 6.66 Å². The van der Waals surface area contributed by atoms with Crippen LogP contribution < -0.4 is 0 Å². The lowest BCUT2D eigenvalue weighted by Crippen LogP contribution is -2.47. The lowest BCUT2D eigenvalue weighted by Gasteiger charge is -2.53. The molecule has 0 aliphatic heterocycles. The molecule has 0 saturated carbocycles. The molecule has 0 aliphatic rings. The van der Waals surface area contributed by atoms with Gasteiger partial charge in [0.2, 0.25) is 0 Å². The normalized spacial score (nSPS) is 18.1. The monoisotopic (exact) mass is 242 g/mol. The Bertz CT molecular complexity index is 250. The zero-order valence-electron chi connectivity index (χ0n) is 12.8. The fraction of sp³-hybridized carbons (Fsp3) is 0.867. The van der Waals surface area contributed by atoms with Gasteiger partial charge in [-0.05, 0) is 23.4 Å². The van der Waals surface area contributed by atoms with Gasteiger partial charge < -0.3 is 0 Å². The molecule has 2 atom stereocenters. The van der Waals surface area contributed by atoms with E-state index >= 15 is 0 Å². The molecule has 0 spiro atoms. The van der Waals surface area contributed by atoms with E-state index in [2.05, 4.69) is 68.6 Å². The highest BCUT2D eigenvalue weighted by atomic mass is 31.1. The largest absolute Gasteiger partial charge is 0.114 e. The molecule has 0 bridgehead atoms. The summed E-state index contributed by atoms with van der Waals surface area (Å²) in [6.07, 6.45) is 0. The minimum absolute atomic E-state index is 0.195. The van der Waals surface area contributed by atoms with Gasteiger partial charge in [-0.1, -0.05) is 67.5 Å². The van der Waals surface area contributed by atoms with Gasteiger partial charge in [0.1, 0.15) is 0 Å². The molecular formula is C15H31P. The van der Waals surface area contributed by atoms with E-state index in [0.29, 0.717) is 5.92 Å². The van der Waals surface area contributed by atoms with Gasteiger partial charge >= 0.3 is 0 Å². The van der Waals surface area contributed by atoms with Crippen LogP contribution in [0.2, 0.25) is 0 Å². The average molecular weight is 242 g/mol. The van der Waals surface area contributed by atoms with Gasteiger partial charge in [0.05, 0.1) is 0 Å². The molecule has 96 valence electrons. The van der Waals surface area contributed by atoms with Gasteiger partial charge in [0.15, 0.2) is 0 Å². The van der Waals surface area contributed by atoms with Crippen molar-refractivity contribution in [2.24, 2.45) is 16.7 Å². The van der Waals surface area contributed by atoms with Gasteiger partial charge in [-0.3, -0.25) is 0 Å². The maximum Gasteiger partial charge on any atom is 0.0156 e. The minimum Gasteiger partial charge on any atom is -0.114 e. The Balaban J connectivity index is 5.68. The zero-order valence-corrected chi connectivity index (χ0v) is 13.8. The summed E-state index contributed by atoms with van der Waals surface area (Å²) in [5.74, 6) is 0.641. The molecule has 0 heterocycles. The fourth-order valence-corrected chi connectivity index (χ4v) is 5.08. The van der Waals surface area contributed by atoms with Crippen molar-refractivity contribution in [1.82, 2.24) is 0 Å². The summed E-state index contributed by atoms with van der Waals surface area (Å²) >= 11 is 0. The van der Waals surface area contributed by atoms with E-state index < -0.39 is 0 Å². The SMILES string of the molecule is C=C(C(C)(C)C)C(PC)(C(C)C)C(C)(C)C. The molecule has 0 aliphatic carbocycles. The van der Waals surface area contributed by atoms with E-state index in [9.17, 15) is 0 Å². The zero-order chi connectivity index (χ0) is 13.4. The molecule has 2 unspecified atom stereocenters. The maximum absolute atomic E-state index is 4.46. The molecule has 0 radical (unpaired) electrons. The van der Waals surface area contributed by atoms with Crippen molar-refractivity contribution in [3.05, 3.63) is 12.2 Å². The summed E-state index contributed by atoms with van der Waals surface area (Å²) in [6, 6.07) is 0. The van der Waals surface area contributed by atoms with E-state index in [1.807, 2.05) is 0 Å². The molecule has 0 rings (SSSR count). The number of hydrogen-bond donors (Lipinski definition) is 0. The van der Waals surface area contributed by atoms with Crippen LogP contribution >= 0.6 is 8.58 Å². The Labute approximate surface area is 105 Å². The average Bonchev–Trinajstić information content (AvgIpc) is 2.00. The predicted molar refractivity (Wildman–Crippen MR) is 79.9 cm³/mol. The molecule has 0 saturated heterocycles. The maximum atomic E-state index is 4.46. The predicted octanol–water partition coefficient (Wildman–Crippen LogP) is 5.34. The van der Waals surface area contributed by atoms with Gasteiger partial charge in [-0.25, -0.2) is 0 Å². The third-order valence-electron chi connectivity index (χ3n) is 3.82. The standard InChI is InChI=1S/C15H31P/c1-11(2)15(16-10,14(7,8)9)12(3)13(4,5)6/h11,16H,3H2,1-2,4-10H3. The van der Waals surface area contributed by atoms with Crippen molar-refractivity contribution in [1.29, 1.82) is 0 Å². The summed E-state index contributed by atoms with van der Waals surface area (Å²) < 4.78 is 0. The topological polar surface area (TPSA) is 0 Å². The van der Waals surface area contributed by atoms with Crippen LogP contribution in [-0.4, -0.2) is 11.8 Å². The highest BCUT2D eigenvalue weighted by Gasteiger charge is 2.47. The lowest BCUT2D eigenvalue weighted by atomic mass is 9.63. The molecule has 1 heteroatoms. The molecular weight excluding hydrogens is 211 g/mol. The molecule has 0 aromatic carbocycles. The Morgan fingerprint density at radius 3 is 1.44 bits per heavy atom. The summed E-state index contributed by atoms with van der Waals surface area (Å²) in [4.78, 5) is 0. The van der Waals surface area contributed by atoms with E-state index in [4.69, 9.17) is 0 Å². The second-order valence-corrected chi connectivity index (χ2v) is 8.48. The minimum atomic E-state index is 0.195. The Morgan fingerprint density at radius 1 is 1.00 bits per heavy atom. The van der Waals surface area contributed by atoms with Crippen LogP contribution in [0.5, 0.6) is 0 Å². The van der Waals surface area contributed by atoms with Crippen molar-refractivity contribution in [2.45, 2.75) is 60.5 Å². The molecule has 0 nitrogen and oxygen atoms in total. The van der Waals surface area contributed by atoms with Crippen molar-refractivity contribution >= 4 is 8.58 Å². The lowest BCUT2D eigenvalue weighted by molar-refractivity contribution is 0.221. The van der Waals surface area contributed by atoms with E-state index in [1.165, 1.54) is 5.57 Å². The highest BCUT2D eigenvalue weighted by molar-refractivity contribution is 7.39. The Kier molecular flexibility index (Phi) is 4.86. The highest BCUT2D eigenvalue weighted by Crippen LogP contribution is 2.57. The van der Waals surface area contributed by atoms with E-state index in [0.717, 1.165) is 8.58 Å². The van der Waals surface area contributed by atoms with Crippen molar-refractivity contribution in [3.63, 3.8) is 0 Å². The van der Waals surface area contributed by atoms with Crippen LogP contribution in [0.3, 0.4) is 0 Å². The Hall–Kier alpha value is 0.170. The van der Waals surface area contributed by atoms with Crippen LogP contribution in [-0.2, 0) is 0 Å². The Morgan fingerprint density at radius 2 is 1.38 bits per heavy atom. The molecule has 0 aromatic heterocycles. The van der Waals surface area contributed by atoms with Crippen LogP contribution in [0.4, 0.5) is 0 Å². The van der Waals surface area contributed by atoms with Crippen LogP contribution in [0.25, 0.3) is 0 Å². The summed E-state index contributed by atoms with van der Waals surface area (Å²) in [5, 5.41) is 0.255. The number of allylic oxidation sites excluding steroid dienone is 1. The first-order chi connectivity index (χ1) is 6.91. The third kappa shape index (κ3) is 2.70. The van der Waals surface area contributed by atoms with Crippen LogP contribution in [0.15, 0.2) is 12.2 Å². The molecule has 0 aromatic rings. The number of rotatable bonds is 3. The summed E-state index contributed by atoms with van der Waals surface area (Å²) in [6.45, 7) is 25.4. The van der Waals surface area contributed by atoms with Gasteiger partial charge in [-0.2, -0.15) is 0 Å². The van der Waals surface area contributed by atoms with Crippen LogP contribution in [0, 0.1) is 16.7 Å². The number of hydrogen-bond acceptors (Lipinski definition) is 0. The second-order valence-electron chi connectivity index (χ2n) is 7.19. The van der Waals surface area contributed by atoms with Crippen LogP contribution in [0.1, 0.15) is 55.4 Å². The van der Waals surface area contributed by atoms with Gasteiger partial charge in [0, 0.05) is 5.16 Å². The molecule has 16 heavy (non-hydrogen) atoms.